The molecule has 0 saturated heterocycles. The molecule has 0 aliphatic carbocycles. The summed E-state index contributed by atoms with van der Waals surface area (Å²) < 4.78 is 27.7. The summed E-state index contributed by atoms with van der Waals surface area (Å²) >= 11 is 0. The number of fused-ring (bicyclic) bond motifs is 1. The molecule has 0 fully saturated rings. The van der Waals surface area contributed by atoms with Gasteiger partial charge in [-0.2, -0.15) is 0 Å². The van der Waals surface area contributed by atoms with Gasteiger partial charge in [-0.3, -0.25) is 9.10 Å². The molecule has 1 heterocycles. The maximum atomic E-state index is 13.2. The molecule has 7 heteroatoms. The van der Waals surface area contributed by atoms with Crippen molar-refractivity contribution in [3.8, 4) is 0 Å². The van der Waals surface area contributed by atoms with E-state index in [1.165, 1.54) is 10.4 Å². The molecule has 29 heavy (non-hydrogen) atoms. The van der Waals surface area contributed by atoms with Crippen LogP contribution in [-0.2, 0) is 16.4 Å². The van der Waals surface area contributed by atoms with Gasteiger partial charge in [0, 0.05) is 24.2 Å². The van der Waals surface area contributed by atoms with Gasteiger partial charge in [-0.05, 0) is 70.0 Å². The molecular formula is C22H29N3O3S. The third kappa shape index (κ3) is 5.16. The number of carbonyl (C=O) groups excluding carboxylic acids is 1. The summed E-state index contributed by atoms with van der Waals surface area (Å²) in [6.07, 6.45) is 1.49. The van der Waals surface area contributed by atoms with Crippen molar-refractivity contribution >= 4 is 21.6 Å². The quantitative estimate of drug-likeness (QED) is 0.682. The molecule has 6 nitrogen and oxygen atoms in total. The van der Waals surface area contributed by atoms with E-state index in [0.29, 0.717) is 30.8 Å². The largest absolute Gasteiger partial charge is 0.352 e. The van der Waals surface area contributed by atoms with Crippen molar-refractivity contribution in [1.29, 1.82) is 0 Å². The smallest absolute Gasteiger partial charge is 0.264 e. The molecule has 3 rings (SSSR count). The standard InChI is InChI=1S/C22H29N3O3S/c1-22(2,3)24-14-7-13-23-21(26)18-9-6-10-19(16-18)29(27,28)25-15-12-17-8-4-5-11-20(17)25/h4-6,8-11,16,24H,7,12-15H2,1-3H3,(H,23,26). The topological polar surface area (TPSA) is 78.5 Å². The highest BCUT2D eigenvalue weighted by Gasteiger charge is 2.30. The third-order valence-corrected chi connectivity index (χ3v) is 6.63. The van der Waals surface area contributed by atoms with Crippen LogP contribution in [0.4, 0.5) is 5.69 Å². The molecule has 2 aromatic rings. The fraction of sp³-hybridized carbons (Fsp3) is 0.409. The summed E-state index contributed by atoms with van der Waals surface area (Å²) in [5.74, 6) is -0.264. The number of rotatable bonds is 7. The Morgan fingerprint density at radius 1 is 1.07 bits per heavy atom. The second-order valence-corrected chi connectivity index (χ2v) is 10.1. The first-order chi connectivity index (χ1) is 13.7. The maximum absolute atomic E-state index is 13.2. The van der Waals surface area contributed by atoms with Gasteiger partial charge in [-0.15, -0.1) is 0 Å². The lowest BCUT2D eigenvalue weighted by Gasteiger charge is -2.20. The Kier molecular flexibility index (Phi) is 6.29. The summed E-state index contributed by atoms with van der Waals surface area (Å²) in [5.41, 5.74) is 2.13. The highest BCUT2D eigenvalue weighted by molar-refractivity contribution is 7.92. The Labute approximate surface area is 173 Å². The second kappa shape index (κ2) is 8.55. The number of nitrogens with one attached hydrogen (secondary N) is 2. The van der Waals surface area contributed by atoms with Crippen LogP contribution in [0.25, 0.3) is 0 Å². The zero-order valence-electron chi connectivity index (χ0n) is 17.2. The van der Waals surface area contributed by atoms with Crippen molar-refractivity contribution < 1.29 is 13.2 Å². The number of carbonyl (C=O) groups is 1. The van der Waals surface area contributed by atoms with E-state index < -0.39 is 10.0 Å². The van der Waals surface area contributed by atoms with Crippen LogP contribution in [0.5, 0.6) is 0 Å². The molecule has 2 aromatic carbocycles. The molecule has 0 bridgehead atoms. The van der Waals surface area contributed by atoms with Crippen molar-refractivity contribution in [2.75, 3.05) is 23.9 Å². The number of benzene rings is 2. The van der Waals surface area contributed by atoms with Gasteiger partial charge < -0.3 is 10.6 Å². The van der Waals surface area contributed by atoms with Crippen LogP contribution in [0.3, 0.4) is 0 Å². The van der Waals surface area contributed by atoms with E-state index in [1.54, 1.807) is 18.2 Å². The number of hydrogen-bond acceptors (Lipinski definition) is 4. The zero-order chi connectivity index (χ0) is 21.1. The van der Waals surface area contributed by atoms with Crippen molar-refractivity contribution in [2.45, 2.75) is 44.0 Å². The Morgan fingerprint density at radius 3 is 2.59 bits per heavy atom. The summed E-state index contributed by atoms with van der Waals surface area (Å²) in [5, 5.41) is 6.23. The fourth-order valence-electron chi connectivity index (χ4n) is 3.34. The number of para-hydroxylation sites is 1. The molecule has 0 atom stereocenters. The van der Waals surface area contributed by atoms with Crippen molar-refractivity contribution in [3.05, 3.63) is 59.7 Å². The van der Waals surface area contributed by atoms with Gasteiger partial charge in [0.15, 0.2) is 0 Å². The fourth-order valence-corrected chi connectivity index (χ4v) is 4.89. The van der Waals surface area contributed by atoms with Crippen LogP contribution in [0.2, 0.25) is 0 Å². The molecule has 0 radical (unpaired) electrons. The minimum Gasteiger partial charge on any atom is -0.352 e. The molecule has 1 amide bonds. The van der Waals surface area contributed by atoms with Gasteiger partial charge in [0.05, 0.1) is 10.6 Å². The first-order valence-electron chi connectivity index (χ1n) is 9.92. The lowest BCUT2D eigenvalue weighted by molar-refractivity contribution is 0.0953. The SMILES string of the molecule is CC(C)(C)NCCCNC(=O)c1cccc(S(=O)(=O)N2CCc3ccccc32)c1. The van der Waals surface area contributed by atoms with Gasteiger partial charge in [-0.25, -0.2) is 8.42 Å². The van der Waals surface area contributed by atoms with E-state index >= 15 is 0 Å². The zero-order valence-corrected chi connectivity index (χ0v) is 18.1. The average Bonchev–Trinajstić information content (AvgIpc) is 3.12. The summed E-state index contributed by atoms with van der Waals surface area (Å²) in [6, 6.07) is 13.8. The highest BCUT2D eigenvalue weighted by atomic mass is 32.2. The van der Waals surface area contributed by atoms with Crippen molar-refractivity contribution in [1.82, 2.24) is 10.6 Å². The number of nitrogens with zero attached hydrogens (tertiary/aromatic N) is 1. The first kappa shape index (κ1) is 21.3. The van der Waals surface area contributed by atoms with Crippen LogP contribution >= 0.6 is 0 Å². The van der Waals surface area contributed by atoms with Gasteiger partial charge in [0.25, 0.3) is 15.9 Å². The van der Waals surface area contributed by atoms with Gasteiger partial charge in [0.1, 0.15) is 0 Å². The molecule has 1 aliphatic rings. The Balaban J connectivity index is 1.67. The molecule has 0 aromatic heterocycles. The minimum absolute atomic E-state index is 0.0426. The number of amides is 1. The van der Waals surface area contributed by atoms with Crippen LogP contribution in [0.15, 0.2) is 53.4 Å². The lowest BCUT2D eigenvalue weighted by Crippen LogP contribution is -2.37. The van der Waals surface area contributed by atoms with Crippen molar-refractivity contribution in [3.63, 3.8) is 0 Å². The first-order valence-corrected chi connectivity index (χ1v) is 11.4. The van der Waals surface area contributed by atoms with Gasteiger partial charge in [-0.1, -0.05) is 24.3 Å². The van der Waals surface area contributed by atoms with E-state index in [-0.39, 0.29) is 16.3 Å². The van der Waals surface area contributed by atoms with Crippen LogP contribution in [0.1, 0.15) is 43.1 Å². The monoisotopic (exact) mass is 415 g/mol. The number of sulfonamides is 1. The second-order valence-electron chi connectivity index (χ2n) is 8.27. The van der Waals surface area contributed by atoms with E-state index in [4.69, 9.17) is 0 Å². The van der Waals surface area contributed by atoms with Crippen LogP contribution in [0, 0.1) is 0 Å². The summed E-state index contributed by atoms with van der Waals surface area (Å²) in [6.45, 7) is 8.02. The highest BCUT2D eigenvalue weighted by Crippen LogP contribution is 2.32. The summed E-state index contributed by atoms with van der Waals surface area (Å²) in [7, 11) is -3.71. The minimum atomic E-state index is -3.71. The predicted octanol–water partition coefficient (Wildman–Crippen LogP) is 2.95. The molecule has 2 N–H and O–H groups in total. The molecule has 1 aliphatic heterocycles. The van der Waals surface area contributed by atoms with E-state index in [9.17, 15) is 13.2 Å². The van der Waals surface area contributed by atoms with Crippen LogP contribution < -0.4 is 14.9 Å². The van der Waals surface area contributed by atoms with E-state index in [2.05, 4.69) is 31.4 Å². The molecule has 156 valence electrons. The van der Waals surface area contributed by atoms with Crippen LogP contribution in [-0.4, -0.2) is 39.5 Å². The van der Waals surface area contributed by atoms with E-state index in [0.717, 1.165) is 18.5 Å². The molecule has 0 saturated carbocycles. The molecule has 0 spiro atoms. The number of anilines is 1. The van der Waals surface area contributed by atoms with E-state index in [1.807, 2.05) is 24.3 Å². The Morgan fingerprint density at radius 2 is 1.83 bits per heavy atom. The molecule has 0 unspecified atom stereocenters. The molecular weight excluding hydrogens is 386 g/mol. The lowest BCUT2D eigenvalue weighted by atomic mass is 10.1. The normalized spacial score (nSPS) is 14.0. The van der Waals surface area contributed by atoms with Crippen molar-refractivity contribution in [2.24, 2.45) is 0 Å². The summed E-state index contributed by atoms with van der Waals surface area (Å²) in [4.78, 5) is 12.6. The number of hydrogen-bond donors (Lipinski definition) is 2. The average molecular weight is 416 g/mol. The third-order valence-electron chi connectivity index (χ3n) is 4.82. The van der Waals surface area contributed by atoms with Gasteiger partial charge in [0.2, 0.25) is 0 Å². The Bertz CT molecular complexity index is 981. The maximum Gasteiger partial charge on any atom is 0.264 e. The predicted molar refractivity (Wildman–Crippen MR) is 116 cm³/mol. The Hall–Kier alpha value is -2.38. The van der Waals surface area contributed by atoms with Gasteiger partial charge >= 0.3 is 0 Å².